The van der Waals surface area contributed by atoms with Gasteiger partial charge >= 0.3 is 0 Å². The number of nitrogens with zero attached hydrogens (tertiary/aromatic N) is 1. The normalized spacial score (nSPS) is 12.1. The van der Waals surface area contributed by atoms with Gasteiger partial charge < -0.3 is 11.1 Å². The second kappa shape index (κ2) is 4.87. The molecule has 3 N–H and O–H groups in total. The predicted octanol–water partition coefficient (Wildman–Crippen LogP) is 3.15. The Morgan fingerprint density at radius 1 is 1.24 bits per heavy atom. The van der Waals surface area contributed by atoms with E-state index < -0.39 is 0 Å². The van der Waals surface area contributed by atoms with E-state index in [0.29, 0.717) is 0 Å². The van der Waals surface area contributed by atoms with Crippen LogP contribution in [-0.4, -0.2) is 4.98 Å². The maximum absolute atomic E-state index is 5.93. The molecule has 0 aliphatic rings. The van der Waals surface area contributed by atoms with Crippen LogP contribution in [0.25, 0.3) is 0 Å². The van der Waals surface area contributed by atoms with Gasteiger partial charge in [0.15, 0.2) is 0 Å². The van der Waals surface area contributed by atoms with Crippen molar-refractivity contribution in [2.75, 3.05) is 11.1 Å². The Bertz CT molecular complexity index is 494. The Morgan fingerprint density at radius 2 is 2.06 bits per heavy atom. The summed E-state index contributed by atoms with van der Waals surface area (Å²) in [5.74, 6) is 0. The highest BCUT2D eigenvalue weighted by atomic mass is 15.0. The van der Waals surface area contributed by atoms with Gasteiger partial charge in [0, 0.05) is 6.20 Å². The van der Waals surface area contributed by atoms with Crippen molar-refractivity contribution in [2.45, 2.75) is 19.9 Å². The van der Waals surface area contributed by atoms with Crippen LogP contribution in [0, 0.1) is 6.92 Å². The smallest absolute Gasteiger partial charge is 0.0657 e. The number of aromatic nitrogens is 1. The van der Waals surface area contributed by atoms with Gasteiger partial charge in [0.2, 0.25) is 0 Å². The highest BCUT2D eigenvalue weighted by Gasteiger charge is 2.07. The van der Waals surface area contributed by atoms with E-state index in [1.54, 1.807) is 6.20 Å². The van der Waals surface area contributed by atoms with Crippen LogP contribution in [-0.2, 0) is 0 Å². The Kier molecular flexibility index (Phi) is 3.28. The monoisotopic (exact) mass is 227 g/mol. The zero-order valence-electron chi connectivity index (χ0n) is 10.1. The van der Waals surface area contributed by atoms with Crippen LogP contribution < -0.4 is 11.1 Å². The molecule has 0 fully saturated rings. The van der Waals surface area contributed by atoms with Crippen LogP contribution in [0.4, 0.5) is 11.4 Å². The summed E-state index contributed by atoms with van der Waals surface area (Å²) in [6.45, 7) is 4.13. The second-order valence-corrected chi connectivity index (χ2v) is 4.21. The molecule has 2 rings (SSSR count). The van der Waals surface area contributed by atoms with Crippen LogP contribution in [0.1, 0.15) is 24.2 Å². The Hall–Kier alpha value is -2.03. The molecular weight excluding hydrogens is 210 g/mol. The number of nitrogens with two attached hydrogens (primary N) is 1. The summed E-state index contributed by atoms with van der Waals surface area (Å²) in [6, 6.07) is 12.0. The number of pyridine rings is 1. The molecule has 88 valence electrons. The summed E-state index contributed by atoms with van der Waals surface area (Å²) in [5, 5.41) is 3.38. The lowest BCUT2D eigenvalue weighted by atomic mass is 10.1. The SMILES string of the molecule is Cc1ccc(N)c(NC(C)c2ccccn2)c1. The number of hydrogen-bond donors (Lipinski definition) is 2. The minimum atomic E-state index is 0.139. The minimum Gasteiger partial charge on any atom is -0.397 e. The first kappa shape index (κ1) is 11.5. The lowest BCUT2D eigenvalue weighted by Gasteiger charge is -2.16. The maximum atomic E-state index is 5.93. The fraction of sp³-hybridized carbons (Fsp3) is 0.214. The lowest BCUT2D eigenvalue weighted by molar-refractivity contribution is 0.840. The lowest BCUT2D eigenvalue weighted by Crippen LogP contribution is -2.09. The average Bonchev–Trinajstić information content (AvgIpc) is 2.35. The summed E-state index contributed by atoms with van der Waals surface area (Å²) in [6.07, 6.45) is 1.80. The van der Waals surface area contributed by atoms with Gasteiger partial charge in [0.25, 0.3) is 0 Å². The second-order valence-electron chi connectivity index (χ2n) is 4.21. The fourth-order valence-corrected chi connectivity index (χ4v) is 1.73. The van der Waals surface area contributed by atoms with E-state index in [2.05, 4.69) is 30.2 Å². The molecule has 1 unspecified atom stereocenters. The molecule has 0 radical (unpaired) electrons. The standard InChI is InChI=1S/C14H17N3/c1-10-6-7-12(15)14(9-10)17-11(2)13-5-3-4-8-16-13/h3-9,11,17H,15H2,1-2H3. The maximum Gasteiger partial charge on any atom is 0.0657 e. The third-order valence-electron chi connectivity index (χ3n) is 2.71. The molecule has 0 aliphatic heterocycles. The van der Waals surface area contributed by atoms with Crippen molar-refractivity contribution in [1.29, 1.82) is 0 Å². The zero-order chi connectivity index (χ0) is 12.3. The van der Waals surface area contributed by atoms with Gasteiger partial charge in [-0.1, -0.05) is 12.1 Å². The van der Waals surface area contributed by atoms with Crippen molar-refractivity contribution in [3.05, 3.63) is 53.9 Å². The average molecular weight is 227 g/mol. The van der Waals surface area contributed by atoms with Crippen molar-refractivity contribution in [3.63, 3.8) is 0 Å². The number of rotatable bonds is 3. The number of nitrogens with one attached hydrogen (secondary N) is 1. The van der Waals surface area contributed by atoms with Crippen LogP contribution in [0.2, 0.25) is 0 Å². The van der Waals surface area contributed by atoms with Crippen LogP contribution in [0.15, 0.2) is 42.6 Å². The molecule has 3 heteroatoms. The minimum absolute atomic E-state index is 0.139. The molecule has 2 aromatic rings. The summed E-state index contributed by atoms with van der Waals surface area (Å²) in [4.78, 5) is 4.32. The van der Waals surface area contributed by atoms with Crippen molar-refractivity contribution >= 4 is 11.4 Å². The van der Waals surface area contributed by atoms with Gasteiger partial charge in [-0.25, -0.2) is 0 Å². The Morgan fingerprint density at radius 3 is 2.76 bits per heavy atom. The summed E-state index contributed by atoms with van der Waals surface area (Å²) in [5.41, 5.74) is 9.85. The van der Waals surface area contributed by atoms with E-state index in [1.807, 2.05) is 30.3 Å². The molecule has 0 spiro atoms. The number of hydrogen-bond acceptors (Lipinski definition) is 3. The molecule has 0 saturated heterocycles. The highest BCUT2D eigenvalue weighted by Crippen LogP contribution is 2.24. The number of nitrogen functional groups attached to an aromatic ring is 1. The first-order valence-electron chi connectivity index (χ1n) is 5.70. The van der Waals surface area contributed by atoms with Crippen LogP contribution in [0.5, 0.6) is 0 Å². The van der Waals surface area contributed by atoms with E-state index in [0.717, 1.165) is 17.1 Å². The molecule has 1 heterocycles. The van der Waals surface area contributed by atoms with Gasteiger partial charge in [-0.15, -0.1) is 0 Å². The molecule has 3 nitrogen and oxygen atoms in total. The van der Waals surface area contributed by atoms with Crippen molar-refractivity contribution < 1.29 is 0 Å². The van der Waals surface area contributed by atoms with E-state index in [1.165, 1.54) is 5.56 Å². The first-order valence-corrected chi connectivity index (χ1v) is 5.70. The van der Waals surface area contributed by atoms with E-state index in [4.69, 9.17) is 5.73 Å². The molecule has 1 aromatic heterocycles. The molecule has 0 aliphatic carbocycles. The fourth-order valence-electron chi connectivity index (χ4n) is 1.73. The Labute approximate surface area is 102 Å². The summed E-state index contributed by atoms with van der Waals surface area (Å²) in [7, 11) is 0. The summed E-state index contributed by atoms with van der Waals surface area (Å²) < 4.78 is 0. The zero-order valence-corrected chi connectivity index (χ0v) is 10.1. The van der Waals surface area contributed by atoms with Gasteiger partial charge in [-0.2, -0.15) is 0 Å². The quantitative estimate of drug-likeness (QED) is 0.792. The number of anilines is 2. The van der Waals surface area contributed by atoms with E-state index in [-0.39, 0.29) is 6.04 Å². The number of aryl methyl sites for hydroxylation is 1. The first-order chi connectivity index (χ1) is 8.16. The van der Waals surface area contributed by atoms with Gasteiger partial charge in [-0.05, 0) is 43.7 Å². The molecule has 0 saturated carbocycles. The number of benzene rings is 1. The van der Waals surface area contributed by atoms with E-state index >= 15 is 0 Å². The molecule has 0 bridgehead atoms. The van der Waals surface area contributed by atoms with Crippen molar-refractivity contribution in [2.24, 2.45) is 0 Å². The largest absolute Gasteiger partial charge is 0.397 e. The van der Waals surface area contributed by atoms with Crippen LogP contribution >= 0.6 is 0 Å². The van der Waals surface area contributed by atoms with Gasteiger partial charge in [0.05, 0.1) is 23.1 Å². The van der Waals surface area contributed by atoms with Gasteiger partial charge in [-0.3, -0.25) is 4.98 Å². The van der Waals surface area contributed by atoms with E-state index in [9.17, 15) is 0 Å². The third kappa shape index (κ3) is 2.75. The molecule has 17 heavy (non-hydrogen) atoms. The Balaban J connectivity index is 2.18. The molecule has 1 aromatic carbocycles. The van der Waals surface area contributed by atoms with Crippen molar-refractivity contribution in [1.82, 2.24) is 4.98 Å². The molecule has 1 atom stereocenters. The molecular formula is C14H17N3. The topological polar surface area (TPSA) is 50.9 Å². The van der Waals surface area contributed by atoms with Crippen LogP contribution in [0.3, 0.4) is 0 Å². The third-order valence-corrected chi connectivity index (χ3v) is 2.71. The summed E-state index contributed by atoms with van der Waals surface area (Å²) >= 11 is 0. The highest BCUT2D eigenvalue weighted by molar-refractivity contribution is 5.67. The van der Waals surface area contributed by atoms with Gasteiger partial charge in [0.1, 0.15) is 0 Å². The predicted molar refractivity (Wildman–Crippen MR) is 71.9 cm³/mol. The van der Waals surface area contributed by atoms with Crippen molar-refractivity contribution in [3.8, 4) is 0 Å². The molecule has 0 amide bonds.